The van der Waals surface area contributed by atoms with Crippen molar-refractivity contribution >= 4 is 23.1 Å². The Morgan fingerprint density at radius 1 is 1.38 bits per heavy atom. The smallest absolute Gasteiger partial charge is 0.335 e. The van der Waals surface area contributed by atoms with Gasteiger partial charge in [-0.3, -0.25) is 0 Å². The molecule has 0 saturated carbocycles. The van der Waals surface area contributed by atoms with Crippen LogP contribution in [0.1, 0.15) is 30.6 Å². The average Bonchev–Trinajstić information content (AvgIpc) is 2.89. The number of oxazole rings is 1. The Labute approximate surface area is 123 Å². The zero-order valence-electron chi connectivity index (χ0n) is 12.4. The Kier molecular flexibility index (Phi) is 5.16. The van der Waals surface area contributed by atoms with Crippen molar-refractivity contribution in [3.05, 3.63) is 23.8 Å². The molecule has 0 fully saturated rings. The number of carboxylic acids is 1. The molecule has 114 valence electrons. The number of carboxylic acid groups (broad SMARTS) is 1. The fourth-order valence-corrected chi connectivity index (χ4v) is 2.17. The van der Waals surface area contributed by atoms with Gasteiger partial charge in [0.1, 0.15) is 5.52 Å². The minimum Gasteiger partial charge on any atom is -0.478 e. The van der Waals surface area contributed by atoms with Crippen LogP contribution >= 0.6 is 0 Å². The number of benzene rings is 1. The molecule has 2 aromatic rings. The molecule has 0 aliphatic heterocycles. The first kappa shape index (κ1) is 15.3. The van der Waals surface area contributed by atoms with Gasteiger partial charge in [0.15, 0.2) is 5.58 Å². The second-order valence-electron chi connectivity index (χ2n) is 4.81. The minimum atomic E-state index is -0.970. The van der Waals surface area contributed by atoms with Gasteiger partial charge in [-0.15, -0.1) is 0 Å². The van der Waals surface area contributed by atoms with Gasteiger partial charge in [-0.2, -0.15) is 4.98 Å². The van der Waals surface area contributed by atoms with Crippen molar-refractivity contribution in [2.24, 2.45) is 0 Å². The molecule has 0 spiro atoms. The predicted octanol–water partition coefficient (Wildman–Crippen LogP) is 2.67. The summed E-state index contributed by atoms with van der Waals surface area (Å²) in [6.45, 7) is 8.21. The van der Waals surface area contributed by atoms with E-state index >= 15 is 0 Å². The first-order valence-corrected chi connectivity index (χ1v) is 7.24. The molecule has 1 aromatic carbocycles. The molecule has 2 N–H and O–H groups in total. The van der Waals surface area contributed by atoms with Gasteiger partial charge in [0.25, 0.3) is 6.01 Å². The van der Waals surface area contributed by atoms with E-state index in [-0.39, 0.29) is 5.56 Å². The molecule has 2 rings (SSSR count). The molecular formula is C15H21N3O3. The van der Waals surface area contributed by atoms with Gasteiger partial charge >= 0.3 is 5.97 Å². The summed E-state index contributed by atoms with van der Waals surface area (Å²) >= 11 is 0. The van der Waals surface area contributed by atoms with Gasteiger partial charge in [-0.05, 0) is 44.3 Å². The molecule has 0 aliphatic carbocycles. The first-order chi connectivity index (χ1) is 10.1. The van der Waals surface area contributed by atoms with E-state index in [1.807, 2.05) is 0 Å². The van der Waals surface area contributed by atoms with Crippen LogP contribution in [-0.2, 0) is 0 Å². The van der Waals surface area contributed by atoms with Gasteiger partial charge in [0.05, 0.1) is 5.56 Å². The van der Waals surface area contributed by atoms with Crippen LogP contribution < -0.4 is 5.32 Å². The molecule has 0 radical (unpaired) electrons. The lowest BCUT2D eigenvalue weighted by Crippen LogP contribution is -2.25. The minimum absolute atomic E-state index is 0.201. The molecule has 0 bridgehead atoms. The molecule has 1 heterocycles. The summed E-state index contributed by atoms with van der Waals surface area (Å²) in [6, 6.07) is 5.11. The number of aromatic carboxylic acids is 1. The predicted molar refractivity (Wildman–Crippen MR) is 81.9 cm³/mol. The highest BCUT2D eigenvalue weighted by Crippen LogP contribution is 2.20. The van der Waals surface area contributed by atoms with Crippen LogP contribution in [0.5, 0.6) is 0 Å². The number of nitrogens with zero attached hydrogens (tertiary/aromatic N) is 2. The van der Waals surface area contributed by atoms with Gasteiger partial charge in [0.2, 0.25) is 0 Å². The maximum Gasteiger partial charge on any atom is 0.335 e. The third-order valence-corrected chi connectivity index (χ3v) is 3.46. The van der Waals surface area contributed by atoms with E-state index in [0.29, 0.717) is 17.1 Å². The van der Waals surface area contributed by atoms with Crippen LogP contribution in [-0.4, -0.2) is 47.1 Å². The highest BCUT2D eigenvalue weighted by Gasteiger charge is 2.09. The molecule has 0 unspecified atom stereocenters. The molecule has 0 atom stereocenters. The Bertz CT molecular complexity index is 605. The number of hydrogen-bond donors (Lipinski definition) is 2. The van der Waals surface area contributed by atoms with Crippen LogP contribution in [0.4, 0.5) is 6.01 Å². The fraction of sp³-hybridized carbons (Fsp3) is 0.467. The van der Waals surface area contributed by atoms with E-state index in [4.69, 9.17) is 9.52 Å². The zero-order valence-corrected chi connectivity index (χ0v) is 12.4. The normalized spacial score (nSPS) is 11.2. The summed E-state index contributed by atoms with van der Waals surface area (Å²) in [5.74, 6) is -0.970. The number of carbonyl (C=O) groups is 1. The maximum atomic E-state index is 10.9. The van der Waals surface area contributed by atoms with E-state index < -0.39 is 5.97 Å². The monoisotopic (exact) mass is 291 g/mol. The van der Waals surface area contributed by atoms with Gasteiger partial charge in [0, 0.05) is 6.54 Å². The third kappa shape index (κ3) is 3.95. The number of nitrogens with one attached hydrogen (secondary N) is 1. The zero-order chi connectivity index (χ0) is 15.2. The van der Waals surface area contributed by atoms with E-state index in [1.165, 1.54) is 12.1 Å². The van der Waals surface area contributed by atoms with Gasteiger partial charge < -0.3 is 19.7 Å². The van der Waals surface area contributed by atoms with Crippen LogP contribution in [0.3, 0.4) is 0 Å². The van der Waals surface area contributed by atoms with E-state index in [2.05, 4.69) is 29.0 Å². The Morgan fingerprint density at radius 3 is 2.81 bits per heavy atom. The van der Waals surface area contributed by atoms with Crippen LogP contribution in [0, 0.1) is 0 Å². The quantitative estimate of drug-likeness (QED) is 0.728. The molecule has 0 saturated heterocycles. The van der Waals surface area contributed by atoms with Crippen LogP contribution in [0.15, 0.2) is 22.6 Å². The highest BCUT2D eigenvalue weighted by atomic mass is 16.4. The Balaban J connectivity index is 1.92. The van der Waals surface area contributed by atoms with Crippen LogP contribution in [0.2, 0.25) is 0 Å². The van der Waals surface area contributed by atoms with E-state index in [9.17, 15) is 4.79 Å². The van der Waals surface area contributed by atoms with Crippen LogP contribution in [0.25, 0.3) is 11.1 Å². The topological polar surface area (TPSA) is 78.6 Å². The Morgan fingerprint density at radius 2 is 2.14 bits per heavy atom. The number of aromatic nitrogens is 1. The number of hydrogen-bond acceptors (Lipinski definition) is 5. The van der Waals surface area contributed by atoms with Crippen molar-refractivity contribution < 1.29 is 14.3 Å². The lowest BCUT2D eigenvalue weighted by Gasteiger charge is -2.17. The summed E-state index contributed by atoms with van der Waals surface area (Å²) < 4.78 is 5.52. The molecule has 6 nitrogen and oxygen atoms in total. The van der Waals surface area contributed by atoms with E-state index in [1.54, 1.807) is 6.07 Å². The number of fused-ring (bicyclic) bond motifs is 1. The molecule has 1 aromatic heterocycles. The maximum absolute atomic E-state index is 10.9. The van der Waals surface area contributed by atoms with Crippen molar-refractivity contribution in [2.75, 3.05) is 31.5 Å². The second kappa shape index (κ2) is 7.08. The van der Waals surface area contributed by atoms with Crippen molar-refractivity contribution in [1.82, 2.24) is 9.88 Å². The standard InChI is InChI=1S/C15H21N3O3/c1-3-18(4-2)9-5-8-16-15-17-12-7-6-11(14(19)20)10-13(12)21-15/h6-7,10H,3-5,8-9H2,1-2H3,(H,16,17)(H,19,20). The van der Waals surface area contributed by atoms with Gasteiger partial charge in [-0.1, -0.05) is 13.8 Å². The van der Waals surface area contributed by atoms with Crippen molar-refractivity contribution in [3.63, 3.8) is 0 Å². The second-order valence-corrected chi connectivity index (χ2v) is 4.81. The van der Waals surface area contributed by atoms with Gasteiger partial charge in [-0.25, -0.2) is 4.79 Å². The average molecular weight is 291 g/mol. The molecular weight excluding hydrogens is 270 g/mol. The fourth-order valence-electron chi connectivity index (χ4n) is 2.17. The number of anilines is 1. The van der Waals surface area contributed by atoms with Crippen molar-refractivity contribution in [1.29, 1.82) is 0 Å². The van der Waals surface area contributed by atoms with Crippen molar-refractivity contribution in [3.8, 4) is 0 Å². The number of rotatable bonds is 8. The first-order valence-electron chi connectivity index (χ1n) is 7.24. The Hall–Kier alpha value is -2.08. The largest absolute Gasteiger partial charge is 0.478 e. The molecule has 0 aliphatic rings. The van der Waals surface area contributed by atoms with E-state index in [0.717, 1.165) is 32.6 Å². The molecule has 6 heteroatoms. The summed E-state index contributed by atoms with van der Waals surface area (Å²) in [7, 11) is 0. The third-order valence-electron chi connectivity index (χ3n) is 3.46. The summed E-state index contributed by atoms with van der Waals surface area (Å²) in [4.78, 5) is 17.5. The van der Waals surface area contributed by atoms with Crippen molar-refractivity contribution in [2.45, 2.75) is 20.3 Å². The molecule has 0 amide bonds. The summed E-state index contributed by atoms with van der Waals surface area (Å²) in [5, 5.41) is 12.1. The lowest BCUT2D eigenvalue weighted by molar-refractivity contribution is 0.0697. The lowest BCUT2D eigenvalue weighted by atomic mass is 10.2. The summed E-state index contributed by atoms with van der Waals surface area (Å²) in [5.41, 5.74) is 1.35. The highest BCUT2D eigenvalue weighted by molar-refractivity contribution is 5.92. The summed E-state index contributed by atoms with van der Waals surface area (Å²) in [6.07, 6.45) is 1.00. The SMILES string of the molecule is CCN(CC)CCCNc1nc2ccc(C(=O)O)cc2o1. The molecule has 21 heavy (non-hydrogen) atoms.